The first-order valence-corrected chi connectivity index (χ1v) is 5.13. The van der Waals surface area contributed by atoms with Gasteiger partial charge in [0.15, 0.2) is 0 Å². The first-order valence-electron chi connectivity index (χ1n) is 4.75. The zero-order chi connectivity index (χ0) is 11.3. The van der Waals surface area contributed by atoms with Crippen molar-refractivity contribution in [2.24, 2.45) is 0 Å². The number of carbonyl (C=O) groups is 1. The molecule has 0 saturated carbocycles. The lowest BCUT2D eigenvalue weighted by Gasteiger charge is -2.01. The van der Waals surface area contributed by atoms with Crippen LogP contribution < -0.4 is 0 Å². The van der Waals surface area contributed by atoms with Crippen molar-refractivity contribution < 1.29 is 14.3 Å². The van der Waals surface area contributed by atoms with Crippen LogP contribution in [0.3, 0.4) is 0 Å². The van der Waals surface area contributed by atoms with E-state index >= 15 is 0 Å². The maximum absolute atomic E-state index is 12.8. The summed E-state index contributed by atoms with van der Waals surface area (Å²) in [5, 5.41) is 8.54. The van der Waals surface area contributed by atoms with Crippen LogP contribution in [0.5, 0.6) is 0 Å². The van der Waals surface area contributed by atoms with Crippen molar-refractivity contribution in [3.05, 3.63) is 34.6 Å². The van der Waals surface area contributed by atoms with Crippen molar-refractivity contribution in [2.75, 3.05) is 0 Å². The fraction of sp³-hybridized carbons (Fsp3) is 0.364. The molecule has 82 valence electrons. The third kappa shape index (κ3) is 4.30. The van der Waals surface area contributed by atoms with Crippen LogP contribution in [0.4, 0.5) is 4.39 Å². The van der Waals surface area contributed by atoms with Gasteiger partial charge in [-0.15, -0.1) is 0 Å². The molecule has 0 spiro atoms. The van der Waals surface area contributed by atoms with E-state index in [0.29, 0.717) is 6.42 Å². The van der Waals surface area contributed by atoms with Gasteiger partial charge in [-0.25, -0.2) is 4.39 Å². The minimum absolute atomic E-state index is 0.116. The zero-order valence-corrected chi connectivity index (χ0v) is 8.93. The van der Waals surface area contributed by atoms with Crippen molar-refractivity contribution in [1.82, 2.24) is 0 Å². The normalized spacial score (nSPS) is 10.3. The number of halogens is 2. The van der Waals surface area contributed by atoms with Crippen LogP contribution in [0.25, 0.3) is 0 Å². The summed E-state index contributed by atoms with van der Waals surface area (Å²) in [7, 11) is 0. The third-order valence-electron chi connectivity index (χ3n) is 2.09. The lowest BCUT2D eigenvalue weighted by molar-refractivity contribution is -0.137. The molecule has 2 nitrogen and oxygen atoms in total. The second-order valence-corrected chi connectivity index (χ2v) is 3.76. The summed E-state index contributed by atoms with van der Waals surface area (Å²) in [6.45, 7) is 0. The zero-order valence-electron chi connectivity index (χ0n) is 8.17. The molecule has 0 aliphatic heterocycles. The predicted octanol–water partition coefficient (Wildman–Crippen LogP) is 3.28. The van der Waals surface area contributed by atoms with Gasteiger partial charge in [-0.1, -0.05) is 17.7 Å². The molecule has 0 radical (unpaired) electrons. The van der Waals surface area contributed by atoms with E-state index in [1.54, 1.807) is 12.1 Å². The van der Waals surface area contributed by atoms with Crippen LogP contribution >= 0.6 is 11.6 Å². The summed E-state index contributed by atoms with van der Waals surface area (Å²) in [6, 6.07) is 4.58. The number of rotatable bonds is 5. The Kier molecular flexibility index (Phi) is 4.56. The van der Waals surface area contributed by atoms with Gasteiger partial charge in [-0.05, 0) is 37.0 Å². The first-order chi connectivity index (χ1) is 7.09. The number of hydrogen-bond acceptors (Lipinski definition) is 1. The van der Waals surface area contributed by atoms with E-state index in [-0.39, 0.29) is 11.4 Å². The quantitative estimate of drug-likeness (QED) is 0.789. The van der Waals surface area contributed by atoms with E-state index < -0.39 is 11.8 Å². The monoisotopic (exact) mass is 230 g/mol. The Balaban J connectivity index is 2.38. The summed E-state index contributed by atoms with van der Waals surface area (Å²) in [6.07, 6.45) is 2.31. The maximum Gasteiger partial charge on any atom is 0.303 e. The number of aliphatic carboxylic acids is 1. The number of carboxylic acid groups (broad SMARTS) is 1. The molecule has 0 bridgehead atoms. The molecule has 1 rings (SSSR count). The largest absolute Gasteiger partial charge is 0.481 e. The molecule has 1 aromatic carbocycles. The average Bonchev–Trinajstić information content (AvgIpc) is 2.18. The summed E-state index contributed by atoms with van der Waals surface area (Å²) in [4.78, 5) is 10.2. The second-order valence-electron chi connectivity index (χ2n) is 3.35. The molecule has 15 heavy (non-hydrogen) atoms. The van der Waals surface area contributed by atoms with Gasteiger partial charge in [0.1, 0.15) is 5.82 Å². The highest BCUT2D eigenvalue weighted by atomic mass is 35.5. The smallest absolute Gasteiger partial charge is 0.303 e. The Morgan fingerprint density at radius 3 is 2.73 bits per heavy atom. The van der Waals surface area contributed by atoms with Gasteiger partial charge >= 0.3 is 5.97 Å². The van der Waals surface area contributed by atoms with Crippen molar-refractivity contribution in [2.45, 2.75) is 25.7 Å². The third-order valence-corrected chi connectivity index (χ3v) is 2.38. The van der Waals surface area contributed by atoms with Crippen LogP contribution in [0, 0.1) is 5.82 Å². The highest BCUT2D eigenvalue weighted by molar-refractivity contribution is 6.30. The molecule has 0 aliphatic rings. The lowest BCUT2D eigenvalue weighted by Crippen LogP contribution is -1.95. The molecule has 0 heterocycles. The highest BCUT2D eigenvalue weighted by Crippen LogP contribution is 2.17. The van der Waals surface area contributed by atoms with Gasteiger partial charge in [0.25, 0.3) is 0 Å². The van der Waals surface area contributed by atoms with Gasteiger partial charge in [0.05, 0.1) is 5.02 Å². The van der Waals surface area contributed by atoms with Crippen LogP contribution in [-0.4, -0.2) is 11.1 Å². The molecule has 1 N–H and O–H groups in total. The fourth-order valence-corrected chi connectivity index (χ4v) is 1.50. The lowest BCUT2D eigenvalue weighted by atomic mass is 10.1. The van der Waals surface area contributed by atoms with E-state index in [0.717, 1.165) is 18.4 Å². The molecule has 1 aromatic rings. The first kappa shape index (κ1) is 12.0. The Hall–Kier alpha value is -1.09. The molecule has 0 atom stereocenters. The van der Waals surface area contributed by atoms with E-state index in [4.69, 9.17) is 16.7 Å². The van der Waals surface area contributed by atoms with Crippen molar-refractivity contribution in [1.29, 1.82) is 0 Å². The van der Waals surface area contributed by atoms with Crippen molar-refractivity contribution >= 4 is 17.6 Å². The molecular weight excluding hydrogens is 219 g/mol. The Morgan fingerprint density at radius 1 is 1.40 bits per heavy atom. The molecule has 0 aromatic heterocycles. The molecular formula is C11H12ClFO2. The number of carboxylic acids is 1. The number of unbranched alkanes of at least 4 members (excludes halogenated alkanes) is 1. The molecule has 0 fully saturated rings. The Labute approximate surface area is 92.7 Å². The minimum Gasteiger partial charge on any atom is -0.481 e. The molecule has 4 heteroatoms. The number of hydrogen-bond donors (Lipinski definition) is 1. The number of aryl methyl sites for hydroxylation is 1. The Bertz CT molecular complexity index is 352. The molecule has 0 aliphatic carbocycles. The topological polar surface area (TPSA) is 37.3 Å². The van der Waals surface area contributed by atoms with E-state index in [9.17, 15) is 9.18 Å². The van der Waals surface area contributed by atoms with Crippen molar-refractivity contribution in [3.8, 4) is 0 Å². The van der Waals surface area contributed by atoms with Crippen LogP contribution in [0.15, 0.2) is 18.2 Å². The van der Waals surface area contributed by atoms with Gasteiger partial charge in [0.2, 0.25) is 0 Å². The molecule has 0 unspecified atom stereocenters. The summed E-state index contributed by atoms with van der Waals surface area (Å²) < 4.78 is 12.8. The van der Waals surface area contributed by atoms with Crippen LogP contribution in [0.2, 0.25) is 5.02 Å². The van der Waals surface area contributed by atoms with Gasteiger partial charge in [-0.3, -0.25) is 4.79 Å². The van der Waals surface area contributed by atoms with Gasteiger partial charge < -0.3 is 5.11 Å². The summed E-state index contributed by atoms with van der Waals surface area (Å²) in [5.41, 5.74) is 0.937. The standard InChI is InChI=1S/C11H12ClFO2/c12-9-7-8(5-6-10(9)13)3-1-2-4-11(14)15/h5-7H,1-4H2,(H,14,15). The predicted molar refractivity (Wildman–Crippen MR) is 56.6 cm³/mol. The summed E-state index contributed by atoms with van der Waals surface area (Å²) in [5.74, 6) is -1.21. The summed E-state index contributed by atoms with van der Waals surface area (Å²) >= 11 is 5.61. The molecule has 0 saturated heterocycles. The molecule has 0 amide bonds. The van der Waals surface area contributed by atoms with E-state index in [2.05, 4.69) is 0 Å². The van der Waals surface area contributed by atoms with Crippen LogP contribution in [0.1, 0.15) is 24.8 Å². The van der Waals surface area contributed by atoms with Gasteiger partial charge in [-0.2, -0.15) is 0 Å². The Morgan fingerprint density at radius 2 is 2.13 bits per heavy atom. The van der Waals surface area contributed by atoms with Crippen LogP contribution in [-0.2, 0) is 11.2 Å². The van der Waals surface area contributed by atoms with Gasteiger partial charge in [0, 0.05) is 6.42 Å². The average molecular weight is 231 g/mol. The minimum atomic E-state index is -0.785. The highest BCUT2D eigenvalue weighted by Gasteiger charge is 2.01. The second kappa shape index (κ2) is 5.71. The van der Waals surface area contributed by atoms with Crippen molar-refractivity contribution in [3.63, 3.8) is 0 Å². The van der Waals surface area contributed by atoms with E-state index in [1.165, 1.54) is 6.07 Å². The maximum atomic E-state index is 12.8. The van der Waals surface area contributed by atoms with E-state index in [1.807, 2.05) is 0 Å². The fourth-order valence-electron chi connectivity index (χ4n) is 1.30. The number of benzene rings is 1. The SMILES string of the molecule is O=C(O)CCCCc1ccc(F)c(Cl)c1.